The van der Waals surface area contributed by atoms with Crippen molar-refractivity contribution in [1.29, 1.82) is 0 Å². The minimum absolute atomic E-state index is 0.149. The predicted molar refractivity (Wildman–Crippen MR) is 102 cm³/mol. The molecule has 2 rings (SSSR count). The van der Waals surface area contributed by atoms with E-state index in [0.717, 1.165) is 44.7 Å². The van der Waals surface area contributed by atoms with Gasteiger partial charge >= 0.3 is 6.03 Å². The molecule has 2 N–H and O–H groups in total. The summed E-state index contributed by atoms with van der Waals surface area (Å²) < 4.78 is 5.47. The van der Waals surface area contributed by atoms with Gasteiger partial charge in [0, 0.05) is 37.2 Å². The van der Waals surface area contributed by atoms with Gasteiger partial charge in [-0.3, -0.25) is 4.90 Å². The molecule has 5 nitrogen and oxygen atoms in total. The molecule has 1 heterocycles. The SMILES string of the molecule is CCC(CC)C(CNC(=O)NCc1ccccc1Cl)N1CCOCC1. The number of rotatable bonds is 8. The molecule has 0 aliphatic carbocycles. The summed E-state index contributed by atoms with van der Waals surface area (Å²) in [6.07, 6.45) is 2.23. The molecule has 1 aromatic carbocycles. The third-order valence-corrected chi connectivity index (χ3v) is 5.35. The molecule has 1 saturated heterocycles. The Labute approximate surface area is 156 Å². The van der Waals surface area contributed by atoms with Crippen molar-refractivity contribution in [2.75, 3.05) is 32.8 Å². The first kappa shape index (κ1) is 20.0. The van der Waals surface area contributed by atoms with Crippen LogP contribution in [0.4, 0.5) is 4.79 Å². The smallest absolute Gasteiger partial charge is 0.315 e. The number of hydrogen-bond acceptors (Lipinski definition) is 3. The fourth-order valence-corrected chi connectivity index (χ4v) is 3.62. The number of halogens is 1. The van der Waals surface area contributed by atoms with E-state index in [9.17, 15) is 4.79 Å². The van der Waals surface area contributed by atoms with Crippen molar-refractivity contribution in [3.05, 3.63) is 34.9 Å². The summed E-state index contributed by atoms with van der Waals surface area (Å²) in [4.78, 5) is 14.7. The van der Waals surface area contributed by atoms with E-state index in [4.69, 9.17) is 16.3 Å². The second-order valence-electron chi connectivity index (χ2n) is 6.45. The molecule has 1 aliphatic heterocycles. The molecule has 0 aromatic heterocycles. The Morgan fingerprint density at radius 3 is 2.52 bits per heavy atom. The number of benzene rings is 1. The second kappa shape index (κ2) is 10.6. The van der Waals surface area contributed by atoms with Crippen LogP contribution in [0.5, 0.6) is 0 Å². The highest BCUT2D eigenvalue weighted by atomic mass is 35.5. The van der Waals surface area contributed by atoms with Gasteiger partial charge in [-0.1, -0.05) is 56.5 Å². The number of carbonyl (C=O) groups is 1. The van der Waals surface area contributed by atoms with Crippen molar-refractivity contribution >= 4 is 17.6 Å². The van der Waals surface area contributed by atoms with E-state index < -0.39 is 0 Å². The third kappa shape index (κ3) is 6.17. The molecule has 1 atom stereocenters. The van der Waals surface area contributed by atoms with Crippen molar-refractivity contribution in [1.82, 2.24) is 15.5 Å². The van der Waals surface area contributed by atoms with E-state index in [2.05, 4.69) is 29.4 Å². The van der Waals surface area contributed by atoms with Crippen LogP contribution in [-0.4, -0.2) is 49.8 Å². The van der Waals surface area contributed by atoms with E-state index in [1.807, 2.05) is 24.3 Å². The summed E-state index contributed by atoms with van der Waals surface area (Å²) in [5.41, 5.74) is 0.920. The maximum Gasteiger partial charge on any atom is 0.315 e. The van der Waals surface area contributed by atoms with Crippen LogP contribution < -0.4 is 10.6 Å². The second-order valence-corrected chi connectivity index (χ2v) is 6.85. The molecule has 1 aromatic rings. The number of hydrogen-bond donors (Lipinski definition) is 2. The number of urea groups is 1. The van der Waals surface area contributed by atoms with Gasteiger partial charge in [-0.2, -0.15) is 0 Å². The molecule has 0 saturated carbocycles. The summed E-state index contributed by atoms with van der Waals surface area (Å²) in [6, 6.07) is 7.76. The molecule has 1 fully saturated rings. The quantitative estimate of drug-likeness (QED) is 0.741. The Hall–Kier alpha value is -1.30. The fourth-order valence-electron chi connectivity index (χ4n) is 3.41. The highest BCUT2D eigenvalue weighted by molar-refractivity contribution is 6.31. The number of nitrogens with one attached hydrogen (secondary N) is 2. The van der Waals surface area contributed by atoms with Crippen LogP contribution >= 0.6 is 11.6 Å². The van der Waals surface area contributed by atoms with Crippen molar-refractivity contribution in [3.8, 4) is 0 Å². The van der Waals surface area contributed by atoms with Gasteiger partial charge in [0.1, 0.15) is 0 Å². The van der Waals surface area contributed by atoms with Gasteiger partial charge in [-0.05, 0) is 17.5 Å². The molecule has 0 radical (unpaired) electrons. The summed E-state index contributed by atoms with van der Waals surface area (Å²) in [6.45, 7) is 8.94. The lowest BCUT2D eigenvalue weighted by Crippen LogP contribution is -2.53. The molecular formula is C19H30ClN3O2. The zero-order valence-electron chi connectivity index (χ0n) is 15.3. The van der Waals surface area contributed by atoms with Gasteiger partial charge in [0.25, 0.3) is 0 Å². The average Bonchev–Trinajstić information content (AvgIpc) is 2.65. The van der Waals surface area contributed by atoms with Crippen molar-refractivity contribution < 1.29 is 9.53 Å². The zero-order chi connectivity index (χ0) is 18.1. The van der Waals surface area contributed by atoms with Crippen LogP contribution in [0.15, 0.2) is 24.3 Å². The maximum atomic E-state index is 12.2. The minimum Gasteiger partial charge on any atom is -0.379 e. The average molecular weight is 368 g/mol. The van der Waals surface area contributed by atoms with Gasteiger partial charge in [-0.25, -0.2) is 4.79 Å². The highest BCUT2D eigenvalue weighted by Gasteiger charge is 2.27. The maximum absolute atomic E-state index is 12.2. The molecular weight excluding hydrogens is 338 g/mol. The Balaban J connectivity index is 1.85. The van der Waals surface area contributed by atoms with Crippen molar-refractivity contribution in [3.63, 3.8) is 0 Å². The standard InChI is InChI=1S/C19H30ClN3O2/c1-3-15(4-2)18(23-9-11-25-12-10-23)14-22-19(24)21-13-16-7-5-6-8-17(16)20/h5-8,15,18H,3-4,9-14H2,1-2H3,(H2,21,22,24). The van der Waals surface area contributed by atoms with Gasteiger partial charge in [0.2, 0.25) is 0 Å². The summed E-state index contributed by atoms with van der Waals surface area (Å²) in [7, 11) is 0. The molecule has 6 heteroatoms. The van der Waals surface area contributed by atoms with Gasteiger partial charge in [-0.15, -0.1) is 0 Å². The molecule has 140 valence electrons. The van der Waals surface area contributed by atoms with Crippen LogP contribution in [-0.2, 0) is 11.3 Å². The van der Waals surface area contributed by atoms with E-state index in [-0.39, 0.29) is 6.03 Å². The Morgan fingerprint density at radius 1 is 1.20 bits per heavy atom. The van der Waals surface area contributed by atoms with E-state index in [1.54, 1.807) is 0 Å². The molecule has 1 unspecified atom stereocenters. The van der Waals surface area contributed by atoms with Crippen molar-refractivity contribution in [2.45, 2.75) is 39.3 Å². The Bertz CT molecular complexity index is 531. The van der Waals surface area contributed by atoms with E-state index >= 15 is 0 Å². The molecule has 2 amide bonds. The summed E-state index contributed by atoms with van der Waals surface area (Å²) in [5, 5.41) is 6.61. The number of carbonyl (C=O) groups excluding carboxylic acids is 1. The number of amides is 2. The van der Waals surface area contributed by atoms with Crippen LogP contribution in [0, 0.1) is 5.92 Å². The van der Waals surface area contributed by atoms with Gasteiger partial charge in [0.15, 0.2) is 0 Å². The number of nitrogens with zero attached hydrogens (tertiary/aromatic N) is 1. The summed E-state index contributed by atoms with van der Waals surface area (Å²) >= 11 is 6.13. The lowest BCUT2D eigenvalue weighted by Gasteiger charge is -2.38. The third-order valence-electron chi connectivity index (χ3n) is 4.98. The van der Waals surface area contributed by atoms with E-state index in [1.165, 1.54) is 0 Å². The Morgan fingerprint density at radius 2 is 1.88 bits per heavy atom. The van der Waals surface area contributed by atoms with Crippen LogP contribution in [0.2, 0.25) is 5.02 Å². The molecule has 25 heavy (non-hydrogen) atoms. The van der Waals surface area contributed by atoms with Crippen molar-refractivity contribution in [2.24, 2.45) is 5.92 Å². The first-order valence-electron chi connectivity index (χ1n) is 9.22. The zero-order valence-corrected chi connectivity index (χ0v) is 16.0. The Kier molecular flexibility index (Phi) is 8.52. The fraction of sp³-hybridized carbons (Fsp3) is 0.632. The normalized spacial score (nSPS) is 16.6. The largest absolute Gasteiger partial charge is 0.379 e. The first-order chi connectivity index (χ1) is 12.2. The van der Waals surface area contributed by atoms with Crippen LogP contribution in [0.3, 0.4) is 0 Å². The van der Waals surface area contributed by atoms with Gasteiger partial charge in [0.05, 0.1) is 13.2 Å². The molecule has 0 spiro atoms. The predicted octanol–water partition coefficient (Wildman–Crippen LogP) is 3.28. The number of ether oxygens (including phenoxy) is 1. The van der Waals surface area contributed by atoms with Gasteiger partial charge < -0.3 is 15.4 Å². The topological polar surface area (TPSA) is 53.6 Å². The minimum atomic E-state index is -0.149. The molecule has 1 aliphatic rings. The van der Waals surface area contributed by atoms with Crippen LogP contribution in [0.1, 0.15) is 32.3 Å². The summed E-state index contributed by atoms with van der Waals surface area (Å²) in [5.74, 6) is 0.571. The highest BCUT2D eigenvalue weighted by Crippen LogP contribution is 2.19. The lowest BCUT2D eigenvalue weighted by atomic mass is 9.92. The molecule has 0 bridgehead atoms. The van der Waals surface area contributed by atoms with E-state index in [0.29, 0.717) is 30.1 Å². The van der Waals surface area contributed by atoms with Crippen LogP contribution in [0.25, 0.3) is 0 Å². The first-order valence-corrected chi connectivity index (χ1v) is 9.60. The lowest BCUT2D eigenvalue weighted by molar-refractivity contribution is 0.00237. The number of morpholine rings is 1. The monoisotopic (exact) mass is 367 g/mol.